The Morgan fingerprint density at radius 1 is 1.17 bits per heavy atom. The first-order chi connectivity index (χ1) is 11.0. The number of aromatic nitrogens is 3. The highest BCUT2D eigenvalue weighted by molar-refractivity contribution is 5.97. The van der Waals surface area contributed by atoms with E-state index in [1.807, 2.05) is 0 Å². The Morgan fingerprint density at radius 3 is 2.29 bits per heavy atom. The van der Waals surface area contributed by atoms with Gasteiger partial charge in [0.15, 0.2) is 0 Å². The van der Waals surface area contributed by atoms with Crippen LogP contribution in [-0.2, 0) is 21.1 Å². The number of halogens is 3. The van der Waals surface area contributed by atoms with Crippen LogP contribution >= 0.6 is 0 Å². The monoisotopic (exact) mass is 346 g/mol. The summed E-state index contributed by atoms with van der Waals surface area (Å²) in [5.41, 5.74) is -0.924. The van der Waals surface area contributed by atoms with Gasteiger partial charge in [-0.15, -0.1) is 0 Å². The van der Waals surface area contributed by atoms with Crippen molar-refractivity contribution in [2.75, 3.05) is 6.54 Å². The van der Waals surface area contributed by atoms with Crippen LogP contribution < -0.4 is 16.6 Å². The van der Waals surface area contributed by atoms with Gasteiger partial charge in [0, 0.05) is 27.7 Å². The van der Waals surface area contributed by atoms with Gasteiger partial charge in [0.05, 0.1) is 11.3 Å². The van der Waals surface area contributed by atoms with Gasteiger partial charge in [-0.1, -0.05) is 6.92 Å². The number of amides is 1. The second kappa shape index (κ2) is 5.84. The highest BCUT2D eigenvalue weighted by atomic mass is 19.4. The van der Waals surface area contributed by atoms with E-state index in [0.29, 0.717) is 0 Å². The molecular weight excluding hydrogens is 329 g/mol. The molecule has 1 atom stereocenters. The van der Waals surface area contributed by atoms with Gasteiger partial charge in [-0.05, 0) is 6.07 Å². The minimum atomic E-state index is -4.41. The molecule has 0 bridgehead atoms. The molecule has 0 saturated heterocycles. The average molecular weight is 346 g/mol. The smallest absolute Gasteiger partial charge is 0.350 e. The molecule has 1 unspecified atom stereocenters. The van der Waals surface area contributed by atoms with E-state index in [4.69, 9.17) is 0 Å². The van der Waals surface area contributed by atoms with Gasteiger partial charge in [-0.3, -0.25) is 18.7 Å². The molecule has 0 aliphatic carbocycles. The molecule has 24 heavy (non-hydrogen) atoms. The number of carbonyl (C=O) groups excluding carboxylic acids is 1. The number of nitrogens with zero attached hydrogens (tertiary/aromatic N) is 3. The predicted molar refractivity (Wildman–Crippen MR) is 81.0 cm³/mol. The van der Waals surface area contributed by atoms with Crippen molar-refractivity contribution in [1.29, 1.82) is 0 Å². The third-order valence-corrected chi connectivity index (χ3v) is 3.99. The van der Waals surface area contributed by atoms with Gasteiger partial charge < -0.3 is 9.88 Å². The van der Waals surface area contributed by atoms with Crippen LogP contribution in [0.1, 0.15) is 17.4 Å². The zero-order valence-corrected chi connectivity index (χ0v) is 13.6. The minimum absolute atomic E-state index is 0.00215. The summed E-state index contributed by atoms with van der Waals surface area (Å²) in [4.78, 5) is 36.3. The van der Waals surface area contributed by atoms with E-state index in [2.05, 4.69) is 5.32 Å². The quantitative estimate of drug-likeness (QED) is 0.879. The summed E-state index contributed by atoms with van der Waals surface area (Å²) in [6.45, 7) is 0.377. The van der Waals surface area contributed by atoms with Gasteiger partial charge in [0.25, 0.3) is 11.5 Å². The number of fused-ring (bicyclic) bond motifs is 1. The van der Waals surface area contributed by atoms with E-state index < -0.39 is 35.8 Å². The highest BCUT2D eigenvalue weighted by Crippen LogP contribution is 2.25. The number of hydrogen-bond donors (Lipinski definition) is 1. The van der Waals surface area contributed by atoms with Crippen LogP contribution in [0.3, 0.4) is 0 Å². The molecule has 7 nitrogen and oxygen atoms in total. The third kappa shape index (κ3) is 2.83. The first-order valence-electron chi connectivity index (χ1n) is 7.07. The van der Waals surface area contributed by atoms with Crippen LogP contribution in [0.25, 0.3) is 11.0 Å². The van der Waals surface area contributed by atoms with Crippen molar-refractivity contribution in [3.63, 3.8) is 0 Å². The summed E-state index contributed by atoms with van der Waals surface area (Å²) < 4.78 is 40.9. The van der Waals surface area contributed by atoms with E-state index >= 15 is 0 Å². The van der Waals surface area contributed by atoms with Crippen molar-refractivity contribution in [3.8, 4) is 0 Å². The van der Waals surface area contributed by atoms with Crippen molar-refractivity contribution in [2.24, 2.45) is 27.1 Å². The molecule has 2 aromatic heterocycles. The molecular formula is C14H17F3N4O3. The Balaban J connectivity index is 2.44. The summed E-state index contributed by atoms with van der Waals surface area (Å²) >= 11 is 0. The second-order valence-electron chi connectivity index (χ2n) is 5.68. The Labute approximate surface area is 134 Å². The molecule has 0 saturated carbocycles. The fraction of sp³-hybridized carbons (Fsp3) is 0.500. The molecule has 2 aromatic rings. The molecule has 1 amide bonds. The average Bonchev–Trinajstić information content (AvgIpc) is 2.84. The molecule has 0 aromatic carbocycles. The summed E-state index contributed by atoms with van der Waals surface area (Å²) in [6, 6.07) is 1.27. The van der Waals surface area contributed by atoms with Gasteiger partial charge in [0.1, 0.15) is 11.3 Å². The number of nitrogens with one attached hydrogen (secondary N) is 1. The molecule has 0 radical (unpaired) electrons. The molecule has 10 heteroatoms. The number of aryl methyl sites for hydroxylation is 2. The first kappa shape index (κ1) is 17.8. The zero-order valence-electron chi connectivity index (χ0n) is 13.6. The summed E-state index contributed by atoms with van der Waals surface area (Å²) in [5, 5.41) is 2.33. The Morgan fingerprint density at radius 2 is 1.75 bits per heavy atom. The normalized spacial score (nSPS) is 13.3. The van der Waals surface area contributed by atoms with E-state index in [0.717, 1.165) is 11.5 Å². The van der Waals surface area contributed by atoms with Crippen LogP contribution in [0.5, 0.6) is 0 Å². The topological polar surface area (TPSA) is 78.0 Å². The molecule has 1 N–H and O–H groups in total. The molecule has 2 heterocycles. The fourth-order valence-electron chi connectivity index (χ4n) is 2.41. The molecule has 0 spiro atoms. The third-order valence-electron chi connectivity index (χ3n) is 3.99. The molecule has 0 aliphatic rings. The van der Waals surface area contributed by atoms with Crippen molar-refractivity contribution >= 4 is 16.9 Å². The number of carbonyl (C=O) groups is 1. The van der Waals surface area contributed by atoms with Crippen LogP contribution in [0.15, 0.2) is 15.7 Å². The van der Waals surface area contributed by atoms with E-state index in [1.165, 1.54) is 36.3 Å². The maximum Gasteiger partial charge on any atom is 0.393 e. The van der Waals surface area contributed by atoms with E-state index in [-0.39, 0.29) is 16.7 Å². The maximum absolute atomic E-state index is 12.5. The van der Waals surface area contributed by atoms with Gasteiger partial charge in [-0.2, -0.15) is 13.2 Å². The summed E-state index contributed by atoms with van der Waals surface area (Å²) in [5.74, 6) is -2.45. The summed E-state index contributed by atoms with van der Waals surface area (Å²) in [7, 11) is 4.21. The predicted octanol–water partition coefficient (Wildman–Crippen LogP) is 0.504. The van der Waals surface area contributed by atoms with Crippen LogP contribution in [0.2, 0.25) is 0 Å². The fourth-order valence-corrected chi connectivity index (χ4v) is 2.41. The standard InChI is InChI=1S/C14H17F3N4O3/c1-7(14(15,16)17)6-18-10(22)9-5-8-11(19(9)2)20(3)13(24)21(4)12(8)23/h5,7H,6H2,1-4H3,(H,18,22). The lowest BCUT2D eigenvalue weighted by Crippen LogP contribution is -2.37. The van der Waals surface area contributed by atoms with Crippen LogP contribution in [0.4, 0.5) is 13.2 Å². The molecule has 2 rings (SSSR count). The number of alkyl halides is 3. The highest BCUT2D eigenvalue weighted by Gasteiger charge is 2.36. The lowest BCUT2D eigenvalue weighted by Gasteiger charge is -2.16. The van der Waals surface area contributed by atoms with Gasteiger partial charge in [0.2, 0.25) is 0 Å². The summed E-state index contributed by atoms with van der Waals surface area (Å²) in [6.07, 6.45) is -4.41. The zero-order chi connectivity index (χ0) is 18.4. The lowest BCUT2D eigenvalue weighted by molar-refractivity contribution is -0.167. The van der Waals surface area contributed by atoms with Gasteiger partial charge >= 0.3 is 11.9 Å². The van der Waals surface area contributed by atoms with E-state index in [1.54, 1.807) is 0 Å². The van der Waals surface area contributed by atoms with Crippen molar-refractivity contribution in [2.45, 2.75) is 13.1 Å². The SMILES string of the molecule is CC(CNC(=O)c1cc2c(=O)n(C)c(=O)n(C)c2n1C)C(F)(F)F. The van der Waals surface area contributed by atoms with E-state index in [9.17, 15) is 27.6 Å². The Hall–Kier alpha value is -2.52. The van der Waals surface area contributed by atoms with Crippen molar-refractivity contribution in [3.05, 3.63) is 32.6 Å². The molecule has 0 aliphatic heterocycles. The lowest BCUT2D eigenvalue weighted by atomic mass is 10.2. The second-order valence-corrected chi connectivity index (χ2v) is 5.68. The van der Waals surface area contributed by atoms with Gasteiger partial charge in [-0.25, -0.2) is 4.79 Å². The number of hydrogen-bond acceptors (Lipinski definition) is 3. The number of rotatable bonds is 3. The largest absolute Gasteiger partial charge is 0.393 e. The maximum atomic E-state index is 12.5. The first-order valence-corrected chi connectivity index (χ1v) is 7.07. The van der Waals surface area contributed by atoms with Crippen molar-refractivity contribution in [1.82, 2.24) is 19.0 Å². The minimum Gasteiger partial charge on any atom is -0.350 e. The van der Waals surface area contributed by atoms with Crippen molar-refractivity contribution < 1.29 is 18.0 Å². The Kier molecular flexibility index (Phi) is 4.34. The Bertz CT molecular complexity index is 920. The molecule has 132 valence electrons. The molecule has 0 fully saturated rings. The van der Waals surface area contributed by atoms with Crippen LogP contribution in [0, 0.1) is 5.92 Å². The van der Waals surface area contributed by atoms with Crippen LogP contribution in [-0.4, -0.2) is 32.3 Å².